The molecule has 0 aliphatic heterocycles. The van der Waals surface area contributed by atoms with Crippen LogP contribution in [0.15, 0.2) is 24.3 Å². The monoisotopic (exact) mass is 207 g/mol. The van der Waals surface area contributed by atoms with Gasteiger partial charge in [-0.2, -0.15) is 5.26 Å². The van der Waals surface area contributed by atoms with Crippen LogP contribution in [0.1, 0.15) is 18.1 Å². The standard InChI is InChI=1S/C11H10ClNO/c1-7(2)5-8-3-4-10(12)9(6-13)11(8)14/h3-4,14H,1,5H2,2H3. The smallest absolute Gasteiger partial charge is 0.138 e. The summed E-state index contributed by atoms with van der Waals surface area (Å²) < 4.78 is 0. The van der Waals surface area contributed by atoms with Crippen LogP contribution in [-0.2, 0) is 6.42 Å². The van der Waals surface area contributed by atoms with Crippen molar-refractivity contribution in [1.82, 2.24) is 0 Å². The van der Waals surface area contributed by atoms with Crippen LogP contribution >= 0.6 is 11.6 Å². The molecule has 0 saturated carbocycles. The molecule has 0 atom stereocenters. The lowest BCUT2D eigenvalue weighted by molar-refractivity contribution is 0.467. The van der Waals surface area contributed by atoms with Crippen molar-refractivity contribution in [3.63, 3.8) is 0 Å². The molecule has 1 N–H and O–H groups in total. The number of phenols is 1. The molecule has 0 unspecified atom stereocenters. The van der Waals surface area contributed by atoms with Crippen LogP contribution in [0.2, 0.25) is 5.02 Å². The van der Waals surface area contributed by atoms with Gasteiger partial charge in [0.25, 0.3) is 0 Å². The SMILES string of the molecule is C=C(C)Cc1ccc(Cl)c(C#N)c1O. The molecular formula is C11H10ClNO. The third-order valence-electron chi connectivity index (χ3n) is 1.81. The molecule has 0 saturated heterocycles. The van der Waals surface area contributed by atoms with Crippen molar-refractivity contribution in [1.29, 1.82) is 5.26 Å². The number of benzene rings is 1. The molecule has 2 nitrogen and oxygen atoms in total. The van der Waals surface area contributed by atoms with Crippen LogP contribution in [-0.4, -0.2) is 5.11 Å². The highest BCUT2D eigenvalue weighted by atomic mass is 35.5. The van der Waals surface area contributed by atoms with Crippen LogP contribution in [0.5, 0.6) is 5.75 Å². The molecule has 72 valence electrons. The third-order valence-corrected chi connectivity index (χ3v) is 2.13. The molecule has 0 aromatic heterocycles. The molecule has 1 aromatic carbocycles. The Morgan fingerprint density at radius 3 is 2.79 bits per heavy atom. The summed E-state index contributed by atoms with van der Waals surface area (Å²) in [6.45, 7) is 5.60. The van der Waals surface area contributed by atoms with E-state index in [1.54, 1.807) is 12.1 Å². The summed E-state index contributed by atoms with van der Waals surface area (Å²) in [5.41, 5.74) is 1.73. The number of hydrogen-bond donors (Lipinski definition) is 1. The number of nitrogens with zero attached hydrogens (tertiary/aromatic N) is 1. The Hall–Kier alpha value is -1.46. The van der Waals surface area contributed by atoms with Crippen LogP contribution < -0.4 is 0 Å². The van der Waals surface area contributed by atoms with Gasteiger partial charge in [0.1, 0.15) is 17.4 Å². The summed E-state index contributed by atoms with van der Waals surface area (Å²) in [5, 5.41) is 18.7. The van der Waals surface area contributed by atoms with E-state index >= 15 is 0 Å². The Labute approximate surface area is 88.1 Å². The van der Waals surface area contributed by atoms with Crippen LogP contribution in [0.3, 0.4) is 0 Å². The average Bonchev–Trinajstić information content (AvgIpc) is 2.10. The van der Waals surface area contributed by atoms with Gasteiger partial charge in [0.2, 0.25) is 0 Å². The van der Waals surface area contributed by atoms with E-state index < -0.39 is 0 Å². The first-order valence-electron chi connectivity index (χ1n) is 4.11. The predicted octanol–water partition coefficient (Wildman–Crippen LogP) is 3.04. The van der Waals surface area contributed by atoms with Gasteiger partial charge >= 0.3 is 0 Å². The highest BCUT2D eigenvalue weighted by Gasteiger charge is 2.10. The summed E-state index contributed by atoms with van der Waals surface area (Å²) in [7, 11) is 0. The summed E-state index contributed by atoms with van der Waals surface area (Å²) in [6.07, 6.45) is 0.553. The zero-order valence-electron chi connectivity index (χ0n) is 7.84. The Kier molecular flexibility index (Phi) is 3.16. The molecule has 0 bridgehead atoms. The maximum Gasteiger partial charge on any atom is 0.138 e. The van der Waals surface area contributed by atoms with Crippen molar-refractivity contribution in [2.75, 3.05) is 0 Å². The van der Waals surface area contributed by atoms with Crippen molar-refractivity contribution in [2.45, 2.75) is 13.3 Å². The first-order chi connectivity index (χ1) is 6.56. The van der Waals surface area contributed by atoms with Crippen molar-refractivity contribution >= 4 is 11.6 Å². The fraction of sp³-hybridized carbons (Fsp3) is 0.182. The van der Waals surface area contributed by atoms with Gasteiger partial charge in [-0.15, -0.1) is 0 Å². The lowest BCUT2D eigenvalue weighted by Gasteiger charge is -2.06. The lowest BCUT2D eigenvalue weighted by atomic mass is 10.0. The van der Waals surface area contributed by atoms with Crippen molar-refractivity contribution in [3.05, 3.63) is 40.4 Å². The highest BCUT2D eigenvalue weighted by molar-refractivity contribution is 6.32. The Morgan fingerprint density at radius 2 is 2.29 bits per heavy atom. The van der Waals surface area contributed by atoms with Gasteiger partial charge in [0, 0.05) is 0 Å². The normalized spacial score (nSPS) is 9.50. The number of halogens is 1. The summed E-state index contributed by atoms with van der Waals surface area (Å²) in [6, 6.07) is 5.18. The number of hydrogen-bond acceptors (Lipinski definition) is 2. The Morgan fingerprint density at radius 1 is 1.64 bits per heavy atom. The van der Waals surface area contributed by atoms with Crippen LogP contribution in [0.25, 0.3) is 0 Å². The molecule has 14 heavy (non-hydrogen) atoms. The van der Waals surface area contributed by atoms with Gasteiger partial charge in [0.05, 0.1) is 5.02 Å². The van der Waals surface area contributed by atoms with Crippen molar-refractivity contribution in [2.24, 2.45) is 0 Å². The van der Waals surface area contributed by atoms with E-state index in [4.69, 9.17) is 16.9 Å². The van der Waals surface area contributed by atoms with Gasteiger partial charge in [-0.1, -0.05) is 29.8 Å². The summed E-state index contributed by atoms with van der Waals surface area (Å²) in [4.78, 5) is 0. The minimum atomic E-state index is -0.0389. The molecule has 0 aliphatic rings. The van der Waals surface area contributed by atoms with E-state index in [9.17, 15) is 5.11 Å². The minimum Gasteiger partial charge on any atom is -0.506 e. The fourth-order valence-corrected chi connectivity index (χ4v) is 1.38. The van der Waals surface area contributed by atoms with Gasteiger partial charge in [-0.05, 0) is 25.0 Å². The lowest BCUT2D eigenvalue weighted by Crippen LogP contribution is -1.90. The molecule has 0 heterocycles. The van der Waals surface area contributed by atoms with E-state index in [-0.39, 0.29) is 16.3 Å². The maximum atomic E-state index is 9.67. The molecule has 3 heteroatoms. The van der Waals surface area contributed by atoms with E-state index in [0.29, 0.717) is 12.0 Å². The van der Waals surface area contributed by atoms with E-state index in [0.717, 1.165) is 5.57 Å². The Balaban J connectivity index is 3.23. The first kappa shape index (κ1) is 10.6. The second kappa shape index (κ2) is 4.17. The topological polar surface area (TPSA) is 44.0 Å². The predicted molar refractivity (Wildman–Crippen MR) is 56.3 cm³/mol. The number of allylic oxidation sites excluding steroid dienone is 1. The number of phenolic OH excluding ortho intramolecular Hbond substituents is 1. The second-order valence-electron chi connectivity index (χ2n) is 3.18. The van der Waals surface area contributed by atoms with E-state index in [2.05, 4.69) is 6.58 Å². The summed E-state index contributed by atoms with van der Waals surface area (Å²) >= 11 is 5.73. The molecule has 1 rings (SSSR count). The van der Waals surface area contributed by atoms with Crippen molar-refractivity contribution < 1.29 is 5.11 Å². The van der Waals surface area contributed by atoms with E-state index in [1.807, 2.05) is 13.0 Å². The zero-order valence-corrected chi connectivity index (χ0v) is 8.60. The second-order valence-corrected chi connectivity index (χ2v) is 3.58. The zero-order chi connectivity index (χ0) is 10.7. The quantitative estimate of drug-likeness (QED) is 0.758. The fourth-order valence-electron chi connectivity index (χ4n) is 1.18. The molecule has 0 radical (unpaired) electrons. The molecule has 1 aromatic rings. The number of rotatable bonds is 2. The third kappa shape index (κ3) is 2.07. The molecule has 0 spiro atoms. The largest absolute Gasteiger partial charge is 0.506 e. The van der Waals surface area contributed by atoms with Gasteiger partial charge in [-0.3, -0.25) is 0 Å². The van der Waals surface area contributed by atoms with Gasteiger partial charge in [-0.25, -0.2) is 0 Å². The molecule has 0 fully saturated rings. The number of aromatic hydroxyl groups is 1. The molecule has 0 amide bonds. The number of nitriles is 1. The van der Waals surface area contributed by atoms with Crippen LogP contribution in [0, 0.1) is 11.3 Å². The average molecular weight is 208 g/mol. The summed E-state index contributed by atoms with van der Waals surface area (Å²) in [5.74, 6) is -0.0389. The van der Waals surface area contributed by atoms with Gasteiger partial charge in [0.15, 0.2) is 0 Å². The van der Waals surface area contributed by atoms with Crippen molar-refractivity contribution in [3.8, 4) is 11.8 Å². The van der Waals surface area contributed by atoms with E-state index in [1.165, 1.54) is 0 Å². The minimum absolute atomic E-state index is 0.0389. The molecule has 0 aliphatic carbocycles. The molecular weight excluding hydrogens is 198 g/mol. The maximum absolute atomic E-state index is 9.67. The Bertz CT molecular complexity index is 418. The first-order valence-corrected chi connectivity index (χ1v) is 4.49. The van der Waals surface area contributed by atoms with Gasteiger partial charge < -0.3 is 5.11 Å². The highest BCUT2D eigenvalue weighted by Crippen LogP contribution is 2.29. The van der Waals surface area contributed by atoms with Crippen LogP contribution in [0.4, 0.5) is 0 Å².